The van der Waals surface area contributed by atoms with E-state index < -0.39 is 26.1 Å². The van der Waals surface area contributed by atoms with Crippen molar-refractivity contribution in [3.05, 3.63) is 39.9 Å². The van der Waals surface area contributed by atoms with Crippen molar-refractivity contribution in [2.24, 2.45) is 17.3 Å². The Kier molecular flexibility index (Phi) is 5.91. The summed E-state index contributed by atoms with van der Waals surface area (Å²) in [5.41, 5.74) is -0.874. The molecular weight excluding hydrogens is 423 g/mol. The summed E-state index contributed by atoms with van der Waals surface area (Å²) < 4.78 is 6.68. The lowest BCUT2D eigenvalue weighted by molar-refractivity contribution is -0.275. The number of rotatable bonds is 4. The van der Waals surface area contributed by atoms with E-state index in [-0.39, 0.29) is 22.3 Å². The SMILES string of the molecule is CC1(C)[C@@H]2C[C@H]1[C@](O)(/C=C/c1c(Cl)cccc1Cl)[C@@H](O)[C@@H]2O[Si](C)(C)C(C)(C)C. The number of benzene rings is 1. The smallest absolute Gasteiger partial charge is 0.192 e. The number of hydrogen-bond donors (Lipinski definition) is 2. The van der Waals surface area contributed by atoms with E-state index in [0.717, 1.165) is 6.42 Å². The fourth-order valence-corrected chi connectivity index (χ4v) is 6.61. The van der Waals surface area contributed by atoms with Gasteiger partial charge in [0.05, 0.1) is 6.10 Å². The fourth-order valence-electron chi connectivity index (χ4n) is 4.76. The fraction of sp³-hybridized carbons (Fsp3) is 0.652. The Labute approximate surface area is 186 Å². The second-order valence-corrected chi connectivity index (χ2v) is 16.4. The van der Waals surface area contributed by atoms with Crippen LogP contribution in [0.4, 0.5) is 0 Å². The summed E-state index contributed by atoms with van der Waals surface area (Å²) in [7, 11) is -2.12. The molecular formula is C23H34Cl2O3Si. The van der Waals surface area contributed by atoms with Gasteiger partial charge in [-0.15, -0.1) is 0 Å². The van der Waals surface area contributed by atoms with Crippen LogP contribution in [-0.2, 0) is 4.43 Å². The Balaban J connectivity index is 1.97. The highest BCUT2D eigenvalue weighted by molar-refractivity contribution is 6.74. The molecule has 5 atom stereocenters. The van der Waals surface area contributed by atoms with Crippen molar-refractivity contribution in [3.63, 3.8) is 0 Å². The number of aliphatic hydroxyl groups excluding tert-OH is 1. The van der Waals surface area contributed by atoms with E-state index >= 15 is 0 Å². The van der Waals surface area contributed by atoms with Crippen LogP contribution in [0.3, 0.4) is 0 Å². The van der Waals surface area contributed by atoms with Crippen molar-refractivity contribution in [2.45, 2.75) is 77.0 Å². The molecule has 0 aromatic heterocycles. The van der Waals surface area contributed by atoms with Crippen LogP contribution in [-0.4, -0.2) is 36.3 Å². The Morgan fingerprint density at radius 1 is 1.17 bits per heavy atom. The van der Waals surface area contributed by atoms with Gasteiger partial charge in [-0.2, -0.15) is 0 Å². The van der Waals surface area contributed by atoms with Crippen LogP contribution >= 0.6 is 23.2 Å². The summed E-state index contributed by atoms with van der Waals surface area (Å²) in [6.07, 6.45) is 2.87. The minimum absolute atomic E-state index is 0.0243. The summed E-state index contributed by atoms with van der Waals surface area (Å²) >= 11 is 12.6. The third-order valence-corrected chi connectivity index (χ3v) is 13.0. The number of hydrogen-bond acceptors (Lipinski definition) is 3. The van der Waals surface area contributed by atoms with Crippen LogP contribution < -0.4 is 0 Å². The lowest BCUT2D eigenvalue weighted by atomic mass is 9.42. The zero-order chi connectivity index (χ0) is 22.0. The van der Waals surface area contributed by atoms with E-state index in [4.69, 9.17) is 27.6 Å². The summed E-state index contributed by atoms with van der Waals surface area (Å²) in [6, 6.07) is 5.32. The topological polar surface area (TPSA) is 49.7 Å². The molecule has 29 heavy (non-hydrogen) atoms. The van der Waals surface area contributed by atoms with Gasteiger partial charge in [-0.1, -0.05) is 70.0 Å². The molecule has 0 heterocycles. The highest BCUT2D eigenvalue weighted by Crippen LogP contribution is 2.64. The maximum absolute atomic E-state index is 11.7. The maximum Gasteiger partial charge on any atom is 0.192 e. The Morgan fingerprint density at radius 3 is 2.21 bits per heavy atom. The molecule has 3 aliphatic rings. The van der Waals surface area contributed by atoms with Crippen molar-refractivity contribution in [1.29, 1.82) is 0 Å². The van der Waals surface area contributed by atoms with Crippen molar-refractivity contribution in [3.8, 4) is 0 Å². The van der Waals surface area contributed by atoms with Gasteiger partial charge in [-0.05, 0) is 60.0 Å². The average Bonchev–Trinajstić information content (AvgIpc) is 2.56. The van der Waals surface area contributed by atoms with E-state index in [2.05, 4.69) is 47.7 Å². The molecule has 2 bridgehead atoms. The second-order valence-electron chi connectivity index (χ2n) is 10.9. The van der Waals surface area contributed by atoms with Crippen LogP contribution in [0.25, 0.3) is 6.08 Å². The van der Waals surface area contributed by atoms with Crippen molar-refractivity contribution in [2.75, 3.05) is 0 Å². The Hall–Kier alpha value is -0.363. The van der Waals surface area contributed by atoms with Gasteiger partial charge in [-0.3, -0.25) is 0 Å². The predicted molar refractivity (Wildman–Crippen MR) is 124 cm³/mol. The largest absolute Gasteiger partial charge is 0.411 e. The number of aliphatic hydroxyl groups is 2. The van der Waals surface area contributed by atoms with Gasteiger partial charge in [0.15, 0.2) is 8.32 Å². The van der Waals surface area contributed by atoms with Gasteiger partial charge in [0.1, 0.15) is 11.7 Å². The summed E-state index contributed by atoms with van der Waals surface area (Å²) in [5, 5.41) is 24.1. The minimum atomic E-state index is -2.12. The van der Waals surface area contributed by atoms with Crippen LogP contribution in [0.2, 0.25) is 28.2 Å². The highest BCUT2D eigenvalue weighted by Gasteiger charge is 2.69. The summed E-state index contributed by atoms with van der Waals surface area (Å²) in [4.78, 5) is 0. The Morgan fingerprint density at radius 2 is 1.72 bits per heavy atom. The molecule has 0 unspecified atom stereocenters. The van der Waals surface area contributed by atoms with Crippen LogP contribution in [0, 0.1) is 17.3 Å². The van der Waals surface area contributed by atoms with Crippen molar-refractivity contribution < 1.29 is 14.6 Å². The minimum Gasteiger partial charge on any atom is -0.411 e. The molecule has 1 aromatic carbocycles. The molecule has 4 rings (SSSR count). The molecule has 3 nitrogen and oxygen atoms in total. The van der Waals surface area contributed by atoms with Gasteiger partial charge in [0.25, 0.3) is 0 Å². The zero-order valence-corrected chi connectivity index (χ0v) is 21.0. The van der Waals surface area contributed by atoms with Gasteiger partial charge < -0.3 is 14.6 Å². The third kappa shape index (κ3) is 3.75. The molecule has 162 valence electrons. The van der Waals surface area contributed by atoms with E-state index in [0.29, 0.717) is 15.6 Å². The van der Waals surface area contributed by atoms with Crippen molar-refractivity contribution >= 4 is 37.6 Å². The van der Waals surface area contributed by atoms with Gasteiger partial charge in [-0.25, -0.2) is 0 Å². The predicted octanol–water partition coefficient (Wildman–Crippen LogP) is 6.16. The third-order valence-electron chi connectivity index (χ3n) is 7.84. The molecule has 0 aliphatic heterocycles. The van der Waals surface area contributed by atoms with Crippen LogP contribution in [0.15, 0.2) is 24.3 Å². The first-order valence-electron chi connectivity index (χ1n) is 10.3. The molecule has 3 aliphatic carbocycles. The first-order chi connectivity index (χ1) is 13.1. The van der Waals surface area contributed by atoms with Crippen LogP contribution in [0.1, 0.15) is 46.6 Å². The highest BCUT2D eigenvalue weighted by atomic mass is 35.5. The average molecular weight is 458 g/mol. The van der Waals surface area contributed by atoms with E-state index in [9.17, 15) is 10.2 Å². The lowest BCUT2D eigenvalue weighted by Crippen LogP contribution is -2.74. The second kappa shape index (κ2) is 7.35. The molecule has 0 saturated heterocycles. The standard InChI is InChI=1S/C23H34Cl2O3Si/c1-21(2,3)29(6,7)28-19-15-13-18(22(15,4)5)23(27,20(19)26)12-11-14-16(24)9-8-10-17(14)25/h8-12,15,18-20,26-27H,13H2,1-7H3/b12-11+/t15-,18-,19-,20+,23-/m1/s1. The van der Waals surface area contributed by atoms with E-state index in [1.165, 1.54) is 0 Å². The van der Waals surface area contributed by atoms with Gasteiger partial charge in [0.2, 0.25) is 0 Å². The van der Waals surface area contributed by atoms with Gasteiger partial charge in [0, 0.05) is 15.6 Å². The molecule has 0 amide bonds. The molecule has 0 radical (unpaired) electrons. The normalized spacial score (nSPS) is 34.3. The zero-order valence-electron chi connectivity index (χ0n) is 18.5. The molecule has 1 aromatic rings. The monoisotopic (exact) mass is 456 g/mol. The Bertz CT molecular complexity index is 795. The van der Waals surface area contributed by atoms with E-state index in [1.807, 2.05) is 0 Å². The molecule has 3 saturated carbocycles. The van der Waals surface area contributed by atoms with E-state index in [1.54, 1.807) is 30.4 Å². The quantitative estimate of drug-likeness (QED) is 0.532. The molecule has 2 N–H and O–H groups in total. The van der Waals surface area contributed by atoms with Gasteiger partial charge >= 0.3 is 0 Å². The molecule has 0 spiro atoms. The summed E-state index contributed by atoms with van der Waals surface area (Å²) in [5.74, 6) is 0.181. The molecule has 6 heteroatoms. The summed E-state index contributed by atoms with van der Waals surface area (Å²) in [6.45, 7) is 15.3. The van der Waals surface area contributed by atoms with Crippen LogP contribution in [0.5, 0.6) is 0 Å². The molecule has 3 fully saturated rings. The first-order valence-corrected chi connectivity index (χ1v) is 14.0. The maximum atomic E-state index is 11.7. The number of fused-ring (bicyclic) bond motifs is 2. The lowest BCUT2D eigenvalue weighted by Gasteiger charge is -2.67. The van der Waals surface area contributed by atoms with Crippen molar-refractivity contribution in [1.82, 2.24) is 0 Å². The first kappa shape index (κ1) is 23.3. The number of halogens is 2.